The summed E-state index contributed by atoms with van der Waals surface area (Å²) in [4.78, 5) is 0. The van der Waals surface area contributed by atoms with Crippen molar-refractivity contribution in [2.45, 2.75) is 20.0 Å². The predicted octanol–water partition coefficient (Wildman–Crippen LogP) is 4.33. The van der Waals surface area contributed by atoms with Crippen molar-refractivity contribution < 1.29 is 8.78 Å². The summed E-state index contributed by atoms with van der Waals surface area (Å²) in [7, 11) is 0. The Morgan fingerprint density at radius 3 is 2.53 bits per heavy atom. The van der Waals surface area contributed by atoms with E-state index in [0.717, 1.165) is 16.1 Å². The van der Waals surface area contributed by atoms with E-state index < -0.39 is 11.6 Å². The van der Waals surface area contributed by atoms with Crippen molar-refractivity contribution in [3.8, 4) is 0 Å². The molecule has 0 unspecified atom stereocenters. The lowest BCUT2D eigenvalue weighted by atomic mass is 10.1. The van der Waals surface area contributed by atoms with Crippen molar-refractivity contribution in [2.75, 3.05) is 0 Å². The van der Waals surface area contributed by atoms with Crippen LogP contribution in [-0.4, -0.2) is 0 Å². The molecule has 0 atom stereocenters. The Bertz CT molecular complexity index is 584. The Labute approximate surface area is 119 Å². The van der Waals surface area contributed by atoms with E-state index in [1.165, 1.54) is 17.7 Å². The van der Waals surface area contributed by atoms with Gasteiger partial charge in [0, 0.05) is 29.2 Å². The highest BCUT2D eigenvalue weighted by Gasteiger charge is 2.03. The van der Waals surface area contributed by atoms with Crippen molar-refractivity contribution in [3.05, 3.63) is 69.2 Å². The minimum Gasteiger partial charge on any atom is -0.309 e. The number of hydrogen-bond acceptors (Lipinski definition) is 1. The third-order valence-corrected chi connectivity index (χ3v) is 3.75. The minimum absolute atomic E-state index is 0.373. The summed E-state index contributed by atoms with van der Waals surface area (Å²) in [6, 6.07) is 9.71. The maximum atomic E-state index is 13.4. The zero-order valence-corrected chi connectivity index (χ0v) is 12.1. The molecule has 19 heavy (non-hydrogen) atoms. The van der Waals surface area contributed by atoms with E-state index in [2.05, 4.69) is 21.2 Å². The van der Waals surface area contributed by atoms with Crippen LogP contribution in [0, 0.1) is 18.6 Å². The first-order chi connectivity index (χ1) is 9.06. The Morgan fingerprint density at radius 1 is 1.05 bits per heavy atom. The SMILES string of the molecule is Cc1ccc(CNCc2ccc(F)cc2F)cc1Br. The molecular weight excluding hydrogens is 312 g/mol. The van der Waals surface area contributed by atoms with Crippen molar-refractivity contribution in [1.29, 1.82) is 0 Å². The quantitative estimate of drug-likeness (QED) is 0.882. The van der Waals surface area contributed by atoms with Gasteiger partial charge in [0.25, 0.3) is 0 Å². The molecule has 2 rings (SSSR count). The fourth-order valence-electron chi connectivity index (χ4n) is 1.75. The van der Waals surface area contributed by atoms with E-state index in [1.54, 1.807) is 0 Å². The van der Waals surface area contributed by atoms with E-state index in [0.29, 0.717) is 18.7 Å². The summed E-state index contributed by atoms with van der Waals surface area (Å²) < 4.78 is 27.2. The molecule has 0 heterocycles. The van der Waals surface area contributed by atoms with E-state index >= 15 is 0 Å². The standard InChI is InChI=1S/C15H14BrF2N/c1-10-2-3-11(6-14(10)16)8-19-9-12-4-5-13(17)7-15(12)18/h2-7,19H,8-9H2,1H3. The van der Waals surface area contributed by atoms with Crippen molar-refractivity contribution >= 4 is 15.9 Å². The number of benzene rings is 2. The Kier molecular flexibility index (Phi) is 4.66. The zero-order chi connectivity index (χ0) is 13.8. The highest BCUT2D eigenvalue weighted by molar-refractivity contribution is 9.10. The predicted molar refractivity (Wildman–Crippen MR) is 75.8 cm³/mol. The van der Waals surface area contributed by atoms with Crippen LogP contribution in [0.25, 0.3) is 0 Å². The van der Waals surface area contributed by atoms with E-state index in [-0.39, 0.29) is 0 Å². The third-order valence-electron chi connectivity index (χ3n) is 2.90. The van der Waals surface area contributed by atoms with Crippen LogP contribution < -0.4 is 5.32 Å². The van der Waals surface area contributed by atoms with Gasteiger partial charge in [0.05, 0.1) is 0 Å². The van der Waals surface area contributed by atoms with E-state index in [4.69, 9.17) is 0 Å². The first-order valence-corrected chi connectivity index (χ1v) is 6.75. The number of rotatable bonds is 4. The van der Waals surface area contributed by atoms with Gasteiger partial charge in [0.2, 0.25) is 0 Å². The molecule has 0 radical (unpaired) electrons. The lowest BCUT2D eigenvalue weighted by molar-refractivity contribution is 0.560. The van der Waals surface area contributed by atoms with Gasteiger partial charge >= 0.3 is 0 Å². The molecule has 2 aromatic carbocycles. The maximum absolute atomic E-state index is 13.4. The Hall–Kier alpha value is -1.26. The lowest BCUT2D eigenvalue weighted by Gasteiger charge is -2.07. The van der Waals surface area contributed by atoms with Gasteiger partial charge in [-0.25, -0.2) is 8.78 Å². The normalized spacial score (nSPS) is 10.7. The van der Waals surface area contributed by atoms with Gasteiger partial charge in [0.15, 0.2) is 0 Å². The second-order valence-electron chi connectivity index (χ2n) is 4.42. The maximum Gasteiger partial charge on any atom is 0.130 e. The summed E-state index contributed by atoms with van der Waals surface area (Å²) in [5.74, 6) is -1.07. The molecule has 2 aromatic rings. The monoisotopic (exact) mass is 325 g/mol. The van der Waals surface area contributed by atoms with Gasteiger partial charge in [0.1, 0.15) is 11.6 Å². The fourth-order valence-corrected chi connectivity index (χ4v) is 2.18. The molecule has 0 saturated heterocycles. The molecule has 1 nitrogen and oxygen atoms in total. The summed E-state index contributed by atoms with van der Waals surface area (Å²) in [6.07, 6.45) is 0. The molecule has 0 bridgehead atoms. The van der Waals surface area contributed by atoms with Gasteiger partial charge < -0.3 is 5.32 Å². The molecule has 0 aliphatic heterocycles. The molecule has 0 aliphatic carbocycles. The minimum atomic E-state index is -0.552. The lowest BCUT2D eigenvalue weighted by Crippen LogP contribution is -2.13. The topological polar surface area (TPSA) is 12.0 Å². The van der Waals surface area contributed by atoms with Crippen molar-refractivity contribution in [3.63, 3.8) is 0 Å². The molecule has 100 valence electrons. The average Bonchev–Trinajstić information content (AvgIpc) is 2.36. The van der Waals surface area contributed by atoms with Gasteiger partial charge in [-0.05, 0) is 30.2 Å². The smallest absolute Gasteiger partial charge is 0.130 e. The van der Waals surface area contributed by atoms with Crippen LogP contribution in [-0.2, 0) is 13.1 Å². The van der Waals surface area contributed by atoms with Gasteiger partial charge in [-0.1, -0.05) is 34.1 Å². The Morgan fingerprint density at radius 2 is 1.84 bits per heavy atom. The number of hydrogen-bond donors (Lipinski definition) is 1. The second kappa shape index (κ2) is 6.26. The molecular formula is C15H14BrF2N. The molecule has 0 aromatic heterocycles. The van der Waals surface area contributed by atoms with Crippen molar-refractivity contribution in [2.24, 2.45) is 0 Å². The van der Waals surface area contributed by atoms with Crippen LogP contribution >= 0.6 is 15.9 Å². The number of aryl methyl sites for hydroxylation is 1. The molecule has 0 saturated carbocycles. The molecule has 0 spiro atoms. The van der Waals surface area contributed by atoms with Crippen LogP contribution in [0.1, 0.15) is 16.7 Å². The summed E-state index contributed by atoms with van der Waals surface area (Å²) in [5.41, 5.74) is 2.75. The van der Waals surface area contributed by atoms with Crippen LogP contribution in [0.5, 0.6) is 0 Å². The fraction of sp³-hybridized carbons (Fsp3) is 0.200. The van der Waals surface area contributed by atoms with Crippen LogP contribution in [0.3, 0.4) is 0 Å². The summed E-state index contributed by atoms with van der Waals surface area (Å²) in [5, 5.41) is 3.14. The first-order valence-electron chi connectivity index (χ1n) is 5.96. The molecule has 0 fully saturated rings. The second-order valence-corrected chi connectivity index (χ2v) is 5.28. The number of halogens is 3. The molecule has 1 N–H and O–H groups in total. The van der Waals surface area contributed by atoms with Crippen LogP contribution in [0.4, 0.5) is 8.78 Å². The van der Waals surface area contributed by atoms with Crippen molar-refractivity contribution in [1.82, 2.24) is 5.32 Å². The van der Waals surface area contributed by atoms with Crippen LogP contribution in [0.2, 0.25) is 0 Å². The average molecular weight is 326 g/mol. The highest BCUT2D eigenvalue weighted by Crippen LogP contribution is 2.17. The van der Waals surface area contributed by atoms with Crippen LogP contribution in [0.15, 0.2) is 40.9 Å². The summed E-state index contributed by atoms with van der Waals surface area (Å²) in [6.45, 7) is 3.03. The molecule has 4 heteroatoms. The third kappa shape index (κ3) is 3.85. The molecule has 0 amide bonds. The highest BCUT2D eigenvalue weighted by atomic mass is 79.9. The van der Waals surface area contributed by atoms with Gasteiger partial charge in [-0.3, -0.25) is 0 Å². The van der Waals surface area contributed by atoms with Gasteiger partial charge in [-0.15, -0.1) is 0 Å². The Balaban J connectivity index is 1.94. The molecule has 0 aliphatic rings. The van der Waals surface area contributed by atoms with E-state index in [1.807, 2.05) is 25.1 Å². The summed E-state index contributed by atoms with van der Waals surface area (Å²) >= 11 is 3.47. The zero-order valence-electron chi connectivity index (χ0n) is 10.5. The van der Waals surface area contributed by atoms with E-state index in [9.17, 15) is 8.78 Å². The van der Waals surface area contributed by atoms with Gasteiger partial charge in [-0.2, -0.15) is 0 Å². The first kappa shape index (κ1) is 14.2. The largest absolute Gasteiger partial charge is 0.309 e. The number of nitrogens with one attached hydrogen (secondary N) is 1.